The van der Waals surface area contributed by atoms with Gasteiger partial charge in [0.05, 0.1) is 0 Å². The van der Waals surface area contributed by atoms with E-state index in [0.29, 0.717) is 0 Å². The molecule has 15 heavy (non-hydrogen) atoms. The first-order valence-electron chi connectivity index (χ1n) is 5.74. The summed E-state index contributed by atoms with van der Waals surface area (Å²) in [5.41, 5.74) is 3.45. The molecule has 0 unspecified atom stereocenters. The highest BCUT2D eigenvalue weighted by Gasteiger charge is 2.33. The van der Waals surface area contributed by atoms with E-state index in [9.17, 15) is 0 Å². The maximum atomic E-state index is 3.63. The Kier molecular flexibility index (Phi) is 2.38. The minimum atomic E-state index is 0.225. The topological polar surface area (TPSA) is 12.0 Å². The van der Waals surface area contributed by atoms with Crippen LogP contribution in [0.5, 0.6) is 0 Å². The average Bonchev–Trinajstić information content (AvgIpc) is 2.22. The highest BCUT2D eigenvalue weighted by molar-refractivity contribution is 5.35. The number of benzene rings is 1. The van der Waals surface area contributed by atoms with E-state index in [1.54, 1.807) is 0 Å². The molecule has 1 aliphatic heterocycles. The van der Waals surface area contributed by atoms with Gasteiger partial charge < -0.3 is 5.32 Å². The second kappa shape index (κ2) is 3.34. The van der Waals surface area contributed by atoms with Gasteiger partial charge in [0.1, 0.15) is 0 Å². The molecule has 1 aromatic carbocycles. The largest absolute Gasteiger partial charge is 0.308 e. The van der Waals surface area contributed by atoms with E-state index in [1.807, 2.05) is 0 Å². The number of hydrogen-bond donors (Lipinski definition) is 1. The van der Waals surface area contributed by atoms with Gasteiger partial charge in [-0.1, -0.05) is 38.1 Å². The smallest absolute Gasteiger partial charge is 0.0213 e. The normalized spacial score (nSPS) is 22.9. The van der Waals surface area contributed by atoms with Crippen molar-refractivity contribution in [3.05, 3.63) is 35.4 Å². The van der Waals surface area contributed by atoms with Crippen molar-refractivity contribution in [2.45, 2.75) is 51.6 Å². The van der Waals surface area contributed by atoms with Gasteiger partial charge in [0.2, 0.25) is 0 Å². The van der Waals surface area contributed by atoms with E-state index in [-0.39, 0.29) is 11.0 Å². The van der Waals surface area contributed by atoms with Crippen LogP contribution in [-0.2, 0) is 12.0 Å². The van der Waals surface area contributed by atoms with Crippen LogP contribution in [0.15, 0.2) is 24.3 Å². The summed E-state index contributed by atoms with van der Waals surface area (Å²) in [7, 11) is 0. The molecule has 0 amide bonds. The fraction of sp³-hybridized carbons (Fsp3) is 0.571. The van der Waals surface area contributed by atoms with Crippen LogP contribution in [0.25, 0.3) is 0 Å². The Balaban J connectivity index is 2.47. The Morgan fingerprint density at radius 1 is 1.07 bits per heavy atom. The van der Waals surface area contributed by atoms with Gasteiger partial charge in [0.15, 0.2) is 0 Å². The first-order chi connectivity index (χ1) is 6.91. The van der Waals surface area contributed by atoms with E-state index in [0.717, 1.165) is 6.54 Å². The highest BCUT2D eigenvalue weighted by atomic mass is 15.0. The molecular formula is C14H21N. The van der Waals surface area contributed by atoms with Crippen LogP contribution in [0.2, 0.25) is 0 Å². The molecule has 82 valence electrons. The Bertz CT molecular complexity index is 363. The van der Waals surface area contributed by atoms with Crippen molar-refractivity contribution in [1.29, 1.82) is 0 Å². The first kappa shape index (κ1) is 10.7. The van der Waals surface area contributed by atoms with E-state index in [2.05, 4.69) is 57.3 Å². The van der Waals surface area contributed by atoms with Crippen molar-refractivity contribution in [2.75, 3.05) is 0 Å². The van der Waals surface area contributed by atoms with Gasteiger partial charge in [-0.15, -0.1) is 0 Å². The lowest BCUT2D eigenvalue weighted by Crippen LogP contribution is -2.40. The zero-order chi connectivity index (χ0) is 11.1. The van der Waals surface area contributed by atoms with Crippen molar-refractivity contribution in [2.24, 2.45) is 0 Å². The third kappa shape index (κ3) is 2.07. The molecule has 0 atom stereocenters. The van der Waals surface area contributed by atoms with E-state index < -0.39 is 0 Å². The van der Waals surface area contributed by atoms with Crippen molar-refractivity contribution < 1.29 is 0 Å². The molecule has 1 aromatic rings. The average molecular weight is 203 g/mol. The lowest BCUT2D eigenvalue weighted by Gasteiger charge is -2.33. The third-order valence-electron chi connectivity index (χ3n) is 3.39. The molecule has 0 aliphatic carbocycles. The summed E-state index contributed by atoms with van der Waals surface area (Å²) in [5, 5.41) is 3.63. The summed E-state index contributed by atoms with van der Waals surface area (Å²) in [6, 6.07) is 8.80. The Morgan fingerprint density at radius 3 is 2.47 bits per heavy atom. The van der Waals surface area contributed by atoms with Gasteiger partial charge in [-0.05, 0) is 36.8 Å². The predicted octanol–water partition coefficient (Wildman–Crippen LogP) is 3.24. The monoisotopic (exact) mass is 203 g/mol. The number of hydrogen-bond acceptors (Lipinski definition) is 1. The summed E-state index contributed by atoms with van der Waals surface area (Å²) in [5.74, 6) is 0. The van der Waals surface area contributed by atoms with Crippen LogP contribution in [0.1, 0.15) is 45.2 Å². The Hall–Kier alpha value is -0.820. The number of fused-ring (bicyclic) bond motifs is 1. The Labute approximate surface area is 92.9 Å². The van der Waals surface area contributed by atoms with Gasteiger partial charge in [-0.25, -0.2) is 0 Å². The molecule has 1 heterocycles. The van der Waals surface area contributed by atoms with Crippen LogP contribution in [-0.4, -0.2) is 5.54 Å². The molecule has 0 spiro atoms. The predicted molar refractivity (Wildman–Crippen MR) is 65.0 cm³/mol. The van der Waals surface area contributed by atoms with Gasteiger partial charge in [0.25, 0.3) is 0 Å². The summed E-state index contributed by atoms with van der Waals surface area (Å²) in [6.07, 6.45) is 1.18. The van der Waals surface area contributed by atoms with Gasteiger partial charge >= 0.3 is 0 Å². The molecule has 0 bridgehead atoms. The molecule has 0 saturated carbocycles. The summed E-state index contributed by atoms with van der Waals surface area (Å²) in [6.45, 7) is 10.3. The molecule has 0 fully saturated rings. The number of rotatable bonds is 0. The standard InChI is InChI=1S/C14H21N/c1-13(2)10-14(3,4)15-9-11-7-5-6-8-12(11)13/h5-8,15H,9-10H2,1-4H3. The van der Waals surface area contributed by atoms with Gasteiger partial charge in [-0.2, -0.15) is 0 Å². The van der Waals surface area contributed by atoms with Crippen molar-refractivity contribution >= 4 is 0 Å². The minimum absolute atomic E-state index is 0.225. The van der Waals surface area contributed by atoms with Crippen LogP contribution >= 0.6 is 0 Å². The molecule has 1 nitrogen and oxygen atoms in total. The lowest BCUT2D eigenvalue weighted by atomic mass is 9.75. The second-order valence-corrected chi connectivity index (χ2v) is 5.96. The van der Waals surface area contributed by atoms with Crippen LogP contribution in [0.3, 0.4) is 0 Å². The maximum absolute atomic E-state index is 3.63. The van der Waals surface area contributed by atoms with E-state index in [4.69, 9.17) is 0 Å². The van der Waals surface area contributed by atoms with Crippen molar-refractivity contribution in [1.82, 2.24) is 5.32 Å². The first-order valence-corrected chi connectivity index (χ1v) is 5.74. The second-order valence-electron chi connectivity index (χ2n) is 5.96. The van der Waals surface area contributed by atoms with Crippen molar-refractivity contribution in [3.63, 3.8) is 0 Å². The Morgan fingerprint density at radius 2 is 1.73 bits per heavy atom. The van der Waals surface area contributed by atoms with E-state index >= 15 is 0 Å². The molecule has 1 aliphatic rings. The lowest BCUT2D eigenvalue weighted by molar-refractivity contribution is 0.302. The molecule has 0 saturated heterocycles. The van der Waals surface area contributed by atoms with Crippen LogP contribution in [0.4, 0.5) is 0 Å². The summed E-state index contributed by atoms with van der Waals surface area (Å²) in [4.78, 5) is 0. The zero-order valence-corrected chi connectivity index (χ0v) is 10.2. The molecule has 0 aromatic heterocycles. The molecular weight excluding hydrogens is 182 g/mol. The van der Waals surface area contributed by atoms with Gasteiger partial charge in [-0.3, -0.25) is 0 Å². The van der Waals surface area contributed by atoms with Crippen molar-refractivity contribution in [3.8, 4) is 0 Å². The fourth-order valence-corrected chi connectivity index (χ4v) is 2.93. The van der Waals surface area contributed by atoms with Gasteiger partial charge in [0, 0.05) is 12.1 Å². The maximum Gasteiger partial charge on any atom is 0.0213 e. The zero-order valence-electron chi connectivity index (χ0n) is 10.2. The molecule has 1 heteroatoms. The quantitative estimate of drug-likeness (QED) is 0.682. The fourth-order valence-electron chi connectivity index (χ4n) is 2.93. The highest BCUT2D eigenvalue weighted by Crippen LogP contribution is 2.36. The molecule has 2 rings (SSSR count). The minimum Gasteiger partial charge on any atom is -0.308 e. The summed E-state index contributed by atoms with van der Waals surface area (Å²) >= 11 is 0. The number of nitrogens with one attached hydrogen (secondary N) is 1. The SMILES string of the molecule is CC1(C)CC(C)(C)c2ccccc2CN1. The van der Waals surface area contributed by atoms with Crippen LogP contribution < -0.4 is 5.32 Å². The van der Waals surface area contributed by atoms with Crippen LogP contribution in [0, 0.1) is 0 Å². The summed E-state index contributed by atoms with van der Waals surface area (Å²) < 4.78 is 0. The molecule has 1 N–H and O–H groups in total. The third-order valence-corrected chi connectivity index (χ3v) is 3.39. The van der Waals surface area contributed by atoms with E-state index in [1.165, 1.54) is 17.5 Å². The molecule has 0 radical (unpaired) electrons.